The molecule has 1 aromatic heterocycles. The van der Waals surface area contributed by atoms with Crippen LogP contribution in [0.1, 0.15) is 16.1 Å². The number of hydrogen-bond donors (Lipinski definition) is 0. The van der Waals surface area contributed by atoms with Crippen molar-refractivity contribution >= 4 is 5.97 Å². The lowest BCUT2D eigenvalue weighted by molar-refractivity contribution is 0.0701. The normalized spacial score (nSPS) is 9.93. The minimum atomic E-state index is -0.481. The molecule has 76 valence electrons. The average Bonchev–Trinajstić information content (AvgIpc) is 2.70. The van der Waals surface area contributed by atoms with Gasteiger partial charge in [0.15, 0.2) is 0 Å². The zero-order chi connectivity index (χ0) is 10.7. The molecule has 2 rings (SSSR count). The van der Waals surface area contributed by atoms with Crippen molar-refractivity contribution in [1.29, 1.82) is 0 Å². The summed E-state index contributed by atoms with van der Waals surface area (Å²) in [4.78, 5) is 11.5. The minimum Gasteiger partial charge on any atom is -0.457 e. The molecule has 0 unspecified atom stereocenters. The van der Waals surface area contributed by atoms with Crippen LogP contribution in [0.5, 0.6) is 5.75 Å². The van der Waals surface area contributed by atoms with Crippen LogP contribution in [0.3, 0.4) is 0 Å². The van der Waals surface area contributed by atoms with E-state index in [1.807, 2.05) is 19.1 Å². The van der Waals surface area contributed by atoms with E-state index in [9.17, 15) is 4.79 Å². The number of esters is 1. The SMILES string of the molecule is Cc1cccc(OC(=O)c2ccco2)c1. The number of carbonyl (C=O) groups is 1. The third-order valence-corrected chi connectivity index (χ3v) is 1.92. The first-order chi connectivity index (χ1) is 7.25. The Balaban J connectivity index is 2.13. The second kappa shape index (κ2) is 4.00. The number of hydrogen-bond acceptors (Lipinski definition) is 3. The zero-order valence-corrected chi connectivity index (χ0v) is 8.27. The monoisotopic (exact) mass is 202 g/mol. The average molecular weight is 202 g/mol. The van der Waals surface area contributed by atoms with Crippen molar-refractivity contribution in [2.75, 3.05) is 0 Å². The molecule has 0 atom stereocenters. The van der Waals surface area contributed by atoms with Crippen LogP contribution in [0.15, 0.2) is 47.1 Å². The van der Waals surface area contributed by atoms with E-state index in [-0.39, 0.29) is 5.76 Å². The number of rotatable bonds is 2. The Hall–Kier alpha value is -2.03. The third-order valence-electron chi connectivity index (χ3n) is 1.92. The molecular formula is C12H10O3. The molecule has 0 spiro atoms. The molecule has 1 heterocycles. The molecule has 0 amide bonds. The van der Waals surface area contributed by atoms with Crippen LogP contribution < -0.4 is 4.74 Å². The van der Waals surface area contributed by atoms with Gasteiger partial charge in [0.25, 0.3) is 0 Å². The van der Waals surface area contributed by atoms with Gasteiger partial charge in [-0.1, -0.05) is 12.1 Å². The molecule has 0 fully saturated rings. The highest BCUT2D eigenvalue weighted by Gasteiger charge is 2.10. The Bertz CT molecular complexity index is 457. The second-order valence-electron chi connectivity index (χ2n) is 3.18. The van der Waals surface area contributed by atoms with Crippen molar-refractivity contribution in [3.05, 3.63) is 54.0 Å². The summed E-state index contributed by atoms with van der Waals surface area (Å²) >= 11 is 0. The second-order valence-corrected chi connectivity index (χ2v) is 3.18. The van der Waals surface area contributed by atoms with Crippen LogP contribution in [0.2, 0.25) is 0 Å². The molecule has 0 aliphatic heterocycles. The summed E-state index contributed by atoms with van der Waals surface area (Å²) in [5, 5.41) is 0. The van der Waals surface area contributed by atoms with Gasteiger partial charge in [-0.2, -0.15) is 0 Å². The minimum absolute atomic E-state index is 0.205. The van der Waals surface area contributed by atoms with E-state index in [1.54, 1.807) is 24.3 Å². The highest BCUT2D eigenvalue weighted by atomic mass is 16.5. The Labute approximate surface area is 87.3 Å². The Kier molecular flexibility index (Phi) is 2.54. The zero-order valence-electron chi connectivity index (χ0n) is 8.27. The summed E-state index contributed by atoms with van der Waals surface area (Å²) in [7, 11) is 0. The maximum Gasteiger partial charge on any atom is 0.379 e. The van der Waals surface area contributed by atoms with Crippen molar-refractivity contribution in [2.45, 2.75) is 6.92 Å². The largest absolute Gasteiger partial charge is 0.457 e. The summed E-state index contributed by atoms with van der Waals surface area (Å²) < 4.78 is 10.0. The van der Waals surface area contributed by atoms with E-state index >= 15 is 0 Å². The van der Waals surface area contributed by atoms with Crippen LogP contribution in [-0.4, -0.2) is 5.97 Å². The molecule has 1 aromatic carbocycles. The lowest BCUT2D eigenvalue weighted by atomic mass is 10.2. The topological polar surface area (TPSA) is 39.4 Å². The van der Waals surface area contributed by atoms with Gasteiger partial charge in [0.1, 0.15) is 5.75 Å². The van der Waals surface area contributed by atoms with Crippen LogP contribution in [-0.2, 0) is 0 Å². The molecule has 0 saturated heterocycles. The maximum atomic E-state index is 11.5. The fraction of sp³-hybridized carbons (Fsp3) is 0.0833. The van der Waals surface area contributed by atoms with Gasteiger partial charge in [0.2, 0.25) is 5.76 Å². The number of carbonyl (C=O) groups excluding carboxylic acids is 1. The van der Waals surface area contributed by atoms with E-state index in [0.717, 1.165) is 5.56 Å². The molecule has 0 aliphatic carbocycles. The summed E-state index contributed by atoms with van der Waals surface area (Å²) in [6.45, 7) is 1.93. The van der Waals surface area contributed by atoms with Crippen molar-refractivity contribution in [2.24, 2.45) is 0 Å². The molecule has 0 aliphatic rings. The summed E-state index contributed by atoms with van der Waals surface area (Å²) in [5.74, 6) is 0.249. The van der Waals surface area contributed by atoms with Gasteiger partial charge in [-0.15, -0.1) is 0 Å². The Morgan fingerprint density at radius 1 is 1.27 bits per heavy atom. The highest BCUT2D eigenvalue weighted by Crippen LogP contribution is 2.14. The predicted molar refractivity (Wildman–Crippen MR) is 54.8 cm³/mol. The van der Waals surface area contributed by atoms with Crippen molar-refractivity contribution in [1.82, 2.24) is 0 Å². The van der Waals surface area contributed by atoms with Crippen LogP contribution in [0, 0.1) is 6.92 Å². The highest BCUT2D eigenvalue weighted by molar-refractivity contribution is 5.88. The summed E-state index contributed by atoms with van der Waals surface area (Å²) in [6, 6.07) is 10.5. The number of ether oxygens (including phenoxy) is 1. The van der Waals surface area contributed by atoms with Crippen LogP contribution in [0.25, 0.3) is 0 Å². The quantitative estimate of drug-likeness (QED) is 0.555. The molecule has 0 N–H and O–H groups in total. The summed E-state index contributed by atoms with van der Waals surface area (Å²) in [6.07, 6.45) is 1.44. The Morgan fingerprint density at radius 3 is 2.80 bits per heavy atom. The predicted octanol–water partition coefficient (Wildman–Crippen LogP) is 2.81. The van der Waals surface area contributed by atoms with Gasteiger partial charge in [0.05, 0.1) is 6.26 Å². The molecule has 0 saturated carbocycles. The molecule has 0 radical (unpaired) electrons. The first-order valence-corrected chi connectivity index (χ1v) is 4.58. The lowest BCUT2D eigenvalue weighted by Crippen LogP contribution is -2.06. The van der Waals surface area contributed by atoms with Gasteiger partial charge in [-0.05, 0) is 36.8 Å². The number of benzene rings is 1. The first-order valence-electron chi connectivity index (χ1n) is 4.58. The Morgan fingerprint density at radius 2 is 2.13 bits per heavy atom. The van der Waals surface area contributed by atoms with Gasteiger partial charge < -0.3 is 9.15 Å². The maximum absolute atomic E-state index is 11.5. The van der Waals surface area contributed by atoms with Crippen LogP contribution in [0.4, 0.5) is 0 Å². The molecular weight excluding hydrogens is 192 g/mol. The standard InChI is InChI=1S/C12H10O3/c1-9-4-2-5-10(8-9)15-12(13)11-6-3-7-14-11/h2-8H,1H3. The van der Waals surface area contributed by atoms with E-state index < -0.39 is 5.97 Å². The van der Waals surface area contributed by atoms with Gasteiger partial charge in [-0.3, -0.25) is 0 Å². The molecule has 2 aromatic rings. The molecule has 15 heavy (non-hydrogen) atoms. The van der Waals surface area contributed by atoms with Crippen LogP contribution >= 0.6 is 0 Å². The van der Waals surface area contributed by atoms with E-state index in [2.05, 4.69) is 0 Å². The van der Waals surface area contributed by atoms with E-state index in [0.29, 0.717) is 5.75 Å². The van der Waals surface area contributed by atoms with Crippen molar-refractivity contribution in [3.8, 4) is 5.75 Å². The fourth-order valence-electron chi connectivity index (χ4n) is 1.23. The summed E-state index contributed by atoms with van der Waals surface area (Å²) in [5.41, 5.74) is 1.04. The van der Waals surface area contributed by atoms with Crippen molar-refractivity contribution < 1.29 is 13.9 Å². The molecule has 3 nitrogen and oxygen atoms in total. The van der Waals surface area contributed by atoms with Gasteiger partial charge in [-0.25, -0.2) is 4.79 Å². The van der Waals surface area contributed by atoms with Gasteiger partial charge >= 0.3 is 5.97 Å². The van der Waals surface area contributed by atoms with Gasteiger partial charge in [0, 0.05) is 0 Å². The lowest BCUT2D eigenvalue weighted by Gasteiger charge is -2.02. The number of furan rings is 1. The third kappa shape index (κ3) is 2.26. The smallest absolute Gasteiger partial charge is 0.379 e. The molecule has 3 heteroatoms. The van der Waals surface area contributed by atoms with Crippen molar-refractivity contribution in [3.63, 3.8) is 0 Å². The fourth-order valence-corrected chi connectivity index (χ4v) is 1.23. The van der Waals surface area contributed by atoms with E-state index in [4.69, 9.17) is 9.15 Å². The van der Waals surface area contributed by atoms with E-state index in [1.165, 1.54) is 6.26 Å². The first kappa shape index (κ1) is 9.52. The molecule has 0 bridgehead atoms. The number of aryl methyl sites for hydroxylation is 1.